The number of rotatable bonds is 5. The first-order valence-electron chi connectivity index (χ1n) is 9.68. The topological polar surface area (TPSA) is 88.2 Å². The molecule has 3 aromatic rings. The van der Waals surface area contributed by atoms with E-state index >= 15 is 0 Å². The van der Waals surface area contributed by atoms with Gasteiger partial charge in [-0.3, -0.25) is 4.79 Å². The number of furan rings is 1. The van der Waals surface area contributed by atoms with Gasteiger partial charge in [0.1, 0.15) is 16.9 Å². The van der Waals surface area contributed by atoms with Crippen LogP contribution >= 0.6 is 23.4 Å². The van der Waals surface area contributed by atoms with Gasteiger partial charge in [-0.25, -0.2) is 4.98 Å². The maximum Gasteiger partial charge on any atom is 0.234 e. The molecule has 6 nitrogen and oxygen atoms in total. The Morgan fingerprint density at radius 1 is 1.32 bits per heavy atom. The summed E-state index contributed by atoms with van der Waals surface area (Å²) in [6.45, 7) is 4.37. The standard InChI is InChI=1S/C23H20ClN3O3S/c1-23(2)10-18-17(12-30-23)21(19-4-3-9-29-19)16(11-25)22(27-18)31-13-20(28)26-15-7-5-14(24)6-8-15/h3-9H,10,12-13H2,1-2H3,(H,26,28). The average Bonchev–Trinajstić information content (AvgIpc) is 3.26. The predicted molar refractivity (Wildman–Crippen MR) is 120 cm³/mol. The van der Waals surface area contributed by atoms with Gasteiger partial charge in [0.25, 0.3) is 0 Å². The Balaban J connectivity index is 1.64. The van der Waals surface area contributed by atoms with Crippen molar-refractivity contribution in [2.45, 2.75) is 37.5 Å². The zero-order valence-corrected chi connectivity index (χ0v) is 18.6. The molecule has 0 bridgehead atoms. The van der Waals surface area contributed by atoms with Crippen LogP contribution in [0.2, 0.25) is 5.02 Å². The number of hydrogen-bond acceptors (Lipinski definition) is 6. The van der Waals surface area contributed by atoms with Crippen molar-refractivity contribution in [2.75, 3.05) is 11.1 Å². The van der Waals surface area contributed by atoms with Gasteiger partial charge in [-0.2, -0.15) is 5.26 Å². The molecular formula is C23H20ClN3O3S. The van der Waals surface area contributed by atoms with E-state index in [0.29, 0.717) is 45.7 Å². The Morgan fingerprint density at radius 2 is 2.10 bits per heavy atom. The molecule has 1 aliphatic heterocycles. The summed E-state index contributed by atoms with van der Waals surface area (Å²) >= 11 is 7.12. The zero-order chi connectivity index (χ0) is 22.0. The van der Waals surface area contributed by atoms with Gasteiger partial charge in [0, 0.05) is 28.3 Å². The molecule has 1 amide bonds. The van der Waals surface area contributed by atoms with Crippen LogP contribution in [0.5, 0.6) is 0 Å². The summed E-state index contributed by atoms with van der Waals surface area (Å²) in [5.41, 5.74) is 3.10. The number of anilines is 1. The van der Waals surface area contributed by atoms with Gasteiger partial charge in [0.2, 0.25) is 5.91 Å². The summed E-state index contributed by atoms with van der Waals surface area (Å²) in [5.74, 6) is 0.505. The minimum Gasteiger partial charge on any atom is -0.464 e. The van der Waals surface area contributed by atoms with Crippen LogP contribution in [0.15, 0.2) is 52.1 Å². The first-order valence-corrected chi connectivity index (χ1v) is 11.0. The second-order valence-electron chi connectivity index (χ2n) is 7.75. The summed E-state index contributed by atoms with van der Waals surface area (Å²) in [7, 11) is 0. The maximum absolute atomic E-state index is 12.5. The van der Waals surface area contributed by atoms with E-state index in [0.717, 1.165) is 11.3 Å². The van der Waals surface area contributed by atoms with Gasteiger partial charge in [-0.15, -0.1) is 0 Å². The number of aromatic nitrogens is 1. The smallest absolute Gasteiger partial charge is 0.234 e. The van der Waals surface area contributed by atoms with Crippen LogP contribution in [0.25, 0.3) is 11.3 Å². The van der Waals surface area contributed by atoms with Crippen molar-refractivity contribution in [3.05, 3.63) is 64.5 Å². The summed E-state index contributed by atoms with van der Waals surface area (Å²) < 4.78 is 11.6. The van der Waals surface area contributed by atoms with E-state index in [4.69, 9.17) is 25.7 Å². The lowest BCUT2D eigenvalue weighted by Gasteiger charge is -2.32. The zero-order valence-electron chi connectivity index (χ0n) is 17.1. The molecule has 4 rings (SSSR count). The number of nitriles is 1. The molecular weight excluding hydrogens is 434 g/mol. The Bertz CT molecular complexity index is 1150. The van der Waals surface area contributed by atoms with Crippen LogP contribution in [-0.4, -0.2) is 22.2 Å². The van der Waals surface area contributed by atoms with Crippen molar-refractivity contribution in [3.63, 3.8) is 0 Å². The Hall–Kier alpha value is -2.79. The Labute approximate surface area is 189 Å². The first-order chi connectivity index (χ1) is 14.9. The lowest BCUT2D eigenvalue weighted by Crippen LogP contribution is -2.33. The number of nitrogens with one attached hydrogen (secondary N) is 1. The fraction of sp³-hybridized carbons (Fsp3) is 0.261. The lowest BCUT2D eigenvalue weighted by atomic mass is 9.91. The molecule has 2 aromatic heterocycles. The fourth-order valence-corrected chi connectivity index (χ4v) is 4.37. The van der Waals surface area contributed by atoms with E-state index in [9.17, 15) is 10.1 Å². The summed E-state index contributed by atoms with van der Waals surface area (Å²) in [6, 6.07) is 12.7. The monoisotopic (exact) mass is 453 g/mol. The van der Waals surface area contributed by atoms with E-state index in [-0.39, 0.29) is 17.3 Å². The molecule has 0 saturated carbocycles. The number of fused-ring (bicyclic) bond motifs is 1. The van der Waals surface area contributed by atoms with Crippen molar-refractivity contribution < 1.29 is 13.9 Å². The predicted octanol–water partition coefficient (Wildman–Crippen LogP) is 5.45. The van der Waals surface area contributed by atoms with Crippen LogP contribution < -0.4 is 5.32 Å². The first kappa shape index (κ1) is 21.4. The molecule has 0 atom stereocenters. The van der Waals surface area contributed by atoms with Crippen molar-refractivity contribution in [1.29, 1.82) is 5.26 Å². The molecule has 1 aromatic carbocycles. The third-order valence-electron chi connectivity index (χ3n) is 4.90. The van der Waals surface area contributed by atoms with E-state index in [1.165, 1.54) is 11.8 Å². The fourth-order valence-electron chi connectivity index (χ4n) is 3.44. The van der Waals surface area contributed by atoms with Crippen molar-refractivity contribution in [1.82, 2.24) is 4.98 Å². The third-order valence-corrected chi connectivity index (χ3v) is 6.13. The molecule has 0 spiro atoms. The van der Waals surface area contributed by atoms with Crippen LogP contribution in [-0.2, 0) is 22.6 Å². The molecule has 8 heteroatoms. The Morgan fingerprint density at radius 3 is 2.77 bits per heavy atom. The van der Waals surface area contributed by atoms with Gasteiger partial charge in [0.15, 0.2) is 0 Å². The quantitative estimate of drug-likeness (QED) is 0.517. The van der Waals surface area contributed by atoms with E-state index in [1.807, 2.05) is 19.9 Å². The minimum atomic E-state index is -0.359. The van der Waals surface area contributed by atoms with Crippen LogP contribution in [0.4, 0.5) is 5.69 Å². The van der Waals surface area contributed by atoms with E-state index in [1.54, 1.807) is 36.6 Å². The lowest BCUT2D eigenvalue weighted by molar-refractivity contribution is -0.113. The van der Waals surface area contributed by atoms with Gasteiger partial charge in [0.05, 0.1) is 35.5 Å². The van der Waals surface area contributed by atoms with Crippen molar-refractivity contribution >= 4 is 35.0 Å². The molecule has 0 fully saturated rings. The number of thioether (sulfide) groups is 1. The molecule has 0 aliphatic carbocycles. The molecule has 1 aliphatic rings. The summed E-state index contributed by atoms with van der Waals surface area (Å²) in [6.07, 6.45) is 2.18. The highest BCUT2D eigenvalue weighted by Crippen LogP contribution is 2.39. The molecule has 0 saturated heterocycles. The number of amides is 1. The third kappa shape index (κ3) is 4.77. The van der Waals surface area contributed by atoms with Gasteiger partial charge in [-0.05, 0) is 50.2 Å². The van der Waals surface area contributed by atoms with E-state index < -0.39 is 0 Å². The summed E-state index contributed by atoms with van der Waals surface area (Å²) in [4.78, 5) is 17.2. The number of benzene rings is 1. The number of ether oxygens (including phenoxy) is 1. The molecule has 3 heterocycles. The summed E-state index contributed by atoms with van der Waals surface area (Å²) in [5, 5.41) is 13.9. The molecule has 158 valence electrons. The molecule has 0 unspecified atom stereocenters. The highest BCUT2D eigenvalue weighted by Gasteiger charge is 2.32. The van der Waals surface area contributed by atoms with Gasteiger partial charge in [-0.1, -0.05) is 23.4 Å². The van der Waals surface area contributed by atoms with Crippen LogP contribution in [0.3, 0.4) is 0 Å². The molecule has 0 radical (unpaired) electrons. The minimum absolute atomic E-state index is 0.112. The highest BCUT2D eigenvalue weighted by atomic mass is 35.5. The Kier molecular flexibility index (Phi) is 6.05. The number of carbonyl (C=O) groups excluding carboxylic acids is 1. The largest absolute Gasteiger partial charge is 0.464 e. The van der Waals surface area contributed by atoms with Crippen LogP contribution in [0.1, 0.15) is 30.7 Å². The number of halogens is 1. The van der Waals surface area contributed by atoms with Gasteiger partial charge < -0.3 is 14.5 Å². The SMILES string of the molecule is CC1(C)Cc2nc(SCC(=O)Nc3ccc(Cl)cc3)c(C#N)c(-c3ccco3)c2CO1. The second-order valence-corrected chi connectivity index (χ2v) is 9.15. The normalized spacial score (nSPS) is 14.5. The second kappa shape index (κ2) is 8.75. The number of hydrogen-bond donors (Lipinski definition) is 1. The maximum atomic E-state index is 12.5. The van der Waals surface area contributed by atoms with Gasteiger partial charge >= 0.3 is 0 Å². The van der Waals surface area contributed by atoms with Crippen molar-refractivity contribution in [2.24, 2.45) is 0 Å². The molecule has 31 heavy (non-hydrogen) atoms. The van der Waals surface area contributed by atoms with E-state index in [2.05, 4.69) is 11.4 Å². The van der Waals surface area contributed by atoms with Crippen LogP contribution in [0, 0.1) is 11.3 Å². The van der Waals surface area contributed by atoms with Crippen molar-refractivity contribution in [3.8, 4) is 17.4 Å². The number of pyridine rings is 1. The highest BCUT2D eigenvalue weighted by molar-refractivity contribution is 8.00. The average molecular weight is 454 g/mol. The molecule has 1 N–H and O–H groups in total. The number of carbonyl (C=O) groups is 1. The number of nitrogens with zero attached hydrogens (tertiary/aromatic N) is 2.